The number of halogens is 3. The standard InChI is InChI=1S/C20H23F3N4OS/c1-14-10-15(2)24-18(11-14)25-19(29)27-8-6-26(7-9-27)13-16-4-3-5-17(12-16)28-20(21,22)23/h3-5,10-12H,6-9,13H2,1-2H3,(H,24,25,29). The number of hydrogen-bond acceptors (Lipinski definition) is 4. The second-order valence-electron chi connectivity index (χ2n) is 7.06. The highest BCUT2D eigenvalue weighted by atomic mass is 32.1. The molecule has 1 aromatic carbocycles. The van der Waals surface area contributed by atoms with Gasteiger partial charge in [0.05, 0.1) is 0 Å². The highest BCUT2D eigenvalue weighted by Crippen LogP contribution is 2.24. The van der Waals surface area contributed by atoms with Gasteiger partial charge >= 0.3 is 6.36 Å². The van der Waals surface area contributed by atoms with Gasteiger partial charge in [-0.25, -0.2) is 4.98 Å². The van der Waals surface area contributed by atoms with Crippen molar-refractivity contribution in [2.24, 2.45) is 0 Å². The van der Waals surface area contributed by atoms with Crippen LogP contribution in [0, 0.1) is 13.8 Å². The van der Waals surface area contributed by atoms with Crippen molar-refractivity contribution in [1.29, 1.82) is 0 Å². The van der Waals surface area contributed by atoms with Crippen molar-refractivity contribution in [3.63, 3.8) is 0 Å². The average Bonchev–Trinajstić information content (AvgIpc) is 2.60. The fourth-order valence-electron chi connectivity index (χ4n) is 3.30. The quantitative estimate of drug-likeness (QED) is 0.745. The summed E-state index contributed by atoms with van der Waals surface area (Å²) in [5, 5.41) is 3.82. The molecule has 2 aromatic rings. The second-order valence-corrected chi connectivity index (χ2v) is 7.45. The van der Waals surface area contributed by atoms with Crippen LogP contribution in [0.15, 0.2) is 36.4 Å². The Morgan fingerprint density at radius 3 is 2.52 bits per heavy atom. The Morgan fingerprint density at radius 1 is 1.14 bits per heavy atom. The molecule has 1 aliphatic rings. The first kappa shape index (κ1) is 21.3. The fourth-order valence-corrected chi connectivity index (χ4v) is 3.59. The topological polar surface area (TPSA) is 40.6 Å². The molecule has 1 aromatic heterocycles. The molecule has 1 saturated heterocycles. The third-order valence-corrected chi connectivity index (χ3v) is 4.89. The number of rotatable bonds is 4. The first-order chi connectivity index (χ1) is 13.7. The Labute approximate surface area is 173 Å². The van der Waals surface area contributed by atoms with Crippen molar-refractivity contribution in [2.75, 3.05) is 31.5 Å². The number of nitrogens with one attached hydrogen (secondary N) is 1. The zero-order chi connectivity index (χ0) is 21.0. The molecule has 156 valence electrons. The maximum absolute atomic E-state index is 12.4. The van der Waals surface area contributed by atoms with E-state index in [2.05, 4.69) is 24.8 Å². The predicted molar refractivity (Wildman–Crippen MR) is 110 cm³/mol. The summed E-state index contributed by atoms with van der Waals surface area (Å²) in [5.74, 6) is 0.538. The Kier molecular flexibility index (Phi) is 6.59. The largest absolute Gasteiger partial charge is 0.573 e. The minimum Gasteiger partial charge on any atom is -0.406 e. The molecule has 5 nitrogen and oxygen atoms in total. The maximum atomic E-state index is 12.4. The predicted octanol–water partition coefficient (Wildman–Crippen LogP) is 4.11. The Morgan fingerprint density at radius 2 is 1.86 bits per heavy atom. The van der Waals surface area contributed by atoms with E-state index in [9.17, 15) is 13.2 Å². The molecule has 0 spiro atoms. The van der Waals surface area contributed by atoms with Gasteiger partial charge in [0.25, 0.3) is 0 Å². The summed E-state index contributed by atoms with van der Waals surface area (Å²) in [7, 11) is 0. The molecule has 0 bridgehead atoms. The van der Waals surface area contributed by atoms with Gasteiger partial charge in [-0.1, -0.05) is 12.1 Å². The van der Waals surface area contributed by atoms with Gasteiger partial charge in [-0.05, 0) is 61.5 Å². The maximum Gasteiger partial charge on any atom is 0.573 e. The first-order valence-electron chi connectivity index (χ1n) is 9.26. The molecule has 1 N–H and O–H groups in total. The van der Waals surface area contributed by atoms with E-state index in [1.165, 1.54) is 12.1 Å². The molecule has 0 unspecified atom stereocenters. The molecule has 0 radical (unpaired) electrons. The van der Waals surface area contributed by atoms with Crippen LogP contribution in [0.4, 0.5) is 19.0 Å². The molecule has 1 aliphatic heterocycles. The van der Waals surface area contributed by atoms with E-state index in [-0.39, 0.29) is 5.75 Å². The highest BCUT2D eigenvalue weighted by Gasteiger charge is 2.31. The summed E-state index contributed by atoms with van der Waals surface area (Å²) in [4.78, 5) is 8.70. The molecule has 1 fully saturated rings. The van der Waals surface area contributed by atoms with Crippen LogP contribution in [0.2, 0.25) is 0 Å². The van der Waals surface area contributed by atoms with Crippen molar-refractivity contribution in [1.82, 2.24) is 14.8 Å². The van der Waals surface area contributed by atoms with Gasteiger partial charge in [0.2, 0.25) is 0 Å². The van der Waals surface area contributed by atoms with Crippen LogP contribution in [0.3, 0.4) is 0 Å². The Balaban J connectivity index is 1.51. The number of piperazine rings is 1. The van der Waals surface area contributed by atoms with Gasteiger partial charge in [0.15, 0.2) is 5.11 Å². The van der Waals surface area contributed by atoms with Crippen molar-refractivity contribution in [3.05, 3.63) is 53.2 Å². The number of aryl methyl sites for hydroxylation is 2. The summed E-state index contributed by atoms with van der Waals surface area (Å²) >= 11 is 5.51. The van der Waals surface area contributed by atoms with Crippen LogP contribution in [0.5, 0.6) is 5.75 Å². The lowest BCUT2D eigenvalue weighted by molar-refractivity contribution is -0.274. The van der Waals surface area contributed by atoms with E-state index in [1.54, 1.807) is 12.1 Å². The number of aromatic nitrogens is 1. The van der Waals surface area contributed by atoms with Gasteiger partial charge in [0.1, 0.15) is 11.6 Å². The summed E-state index contributed by atoms with van der Waals surface area (Å²) in [6.07, 6.45) is -4.68. The average molecular weight is 424 g/mol. The van der Waals surface area contributed by atoms with Gasteiger partial charge < -0.3 is 15.0 Å². The molecule has 0 aliphatic carbocycles. The van der Waals surface area contributed by atoms with E-state index in [0.29, 0.717) is 11.7 Å². The number of nitrogens with zero attached hydrogens (tertiary/aromatic N) is 3. The third kappa shape index (κ3) is 6.57. The molecule has 9 heteroatoms. The number of alkyl halides is 3. The molecule has 3 rings (SSSR count). The van der Waals surface area contributed by atoms with Gasteiger partial charge in [0, 0.05) is 38.4 Å². The molecule has 29 heavy (non-hydrogen) atoms. The van der Waals surface area contributed by atoms with Crippen molar-refractivity contribution >= 4 is 23.1 Å². The van der Waals surface area contributed by atoms with E-state index >= 15 is 0 Å². The van der Waals surface area contributed by atoms with Crippen LogP contribution in [-0.2, 0) is 6.54 Å². The zero-order valence-corrected chi connectivity index (χ0v) is 17.1. The lowest BCUT2D eigenvalue weighted by Gasteiger charge is -2.36. The summed E-state index contributed by atoms with van der Waals surface area (Å²) in [5.41, 5.74) is 2.82. The highest BCUT2D eigenvalue weighted by molar-refractivity contribution is 7.80. The number of ether oxygens (including phenoxy) is 1. The zero-order valence-electron chi connectivity index (χ0n) is 16.3. The third-order valence-electron chi connectivity index (χ3n) is 4.53. The lowest BCUT2D eigenvalue weighted by atomic mass is 10.2. The molecule has 2 heterocycles. The summed E-state index contributed by atoms with van der Waals surface area (Å²) in [6.45, 7) is 7.48. The van der Waals surface area contributed by atoms with Gasteiger partial charge in [-0.3, -0.25) is 4.90 Å². The van der Waals surface area contributed by atoms with Crippen LogP contribution in [0.1, 0.15) is 16.8 Å². The lowest BCUT2D eigenvalue weighted by Crippen LogP contribution is -2.49. The molecule has 0 amide bonds. The molecular formula is C20H23F3N4OS. The number of benzene rings is 1. The van der Waals surface area contributed by atoms with Crippen LogP contribution in [-0.4, -0.2) is 52.4 Å². The van der Waals surface area contributed by atoms with Crippen molar-refractivity contribution in [3.8, 4) is 5.75 Å². The fraction of sp³-hybridized carbons (Fsp3) is 0.400. The van der Waals surface area contributed by atoms with Crippen LogP contribution in [0.25, 0.3) is 0 Å². The van der Waals surface area contributed by atoms with Crippen LogP contribution < -0.4 is 10.1 Å². The van der Waals surface area contributed by atoms with Crippen molar-refractivity contribution in [2.45, 2.75) is 26.8 Å². The number of thiocarbonyl (C=S) groups is 1. The first-order valence-corrected chi connectivity index (χ1v) is 9.67. The monoisotopic (exact) mass is 424 g/mol. The van der Waals surface area contributed by atoms with Crippen molar-refractivity contribution < 1.29 is 17.9 Å². The smallest absolute Gasteiger partial charge is 0.406 e. The number of hydrogen-bond donors (Lipinski definition) is 1. The van der Waals surface area contributed by atoms with E-state index in [1.807, 2.05) is 26.0 Å². The molecule has 0 saturated carbocycles. The van der Waals surface area contributed by atoms with E-state index < -0.39 is 6.36 Å². The normalized spacial score (nSPS) is 15.3. The minimum absolute atomic E-state index is 0.194. The Bertz CT molecular complexity index is 847. The summed E-state index contributed by atoms with van der Waals surface area (Å²) in [6, 6.07) is 10.1. The van der Waals surface area contributed by atoms with Crippen LogP contribution >= 0.6 is 12.2 Å². The molecule has 0 atom stereocenters. The number of anilines is 1. The van der Waals surface area contributed by atoms with E-state index in [4.69, 9.17) is 12.2 Å². The Hall–Kier alpha value is -2.39. The summed E-state index contributed by atoms with van der Waals surface area (Å²) < 4.78 is 41.2. The number of pyridine rings is 1. The molecular weight excluding hydrogens is 401 g/mol. The van der Waals surface area contributed by atoms with E-state index in [0.717, 1.165) is 48.8 Å². The second kappa shape index (κ2) is 8.96. The minimum atomic E-state index is -4.68. The van der Waals surface area contributed by atoms with Gasteiger partial charge in [-0.2, -0.15) is 0 Å². The SMILES string of the molecule is Cc1cc(C)nc(NC(=S)N2CCN(Cc3cccc(OC(F)(F)F)c3)CC2)c1. The van der Waals surface area contributed by atoms with Gasteiger partial charge in [-0.15, -0.1) is 13.2 Å².